The Labute approximate surface area is 95.7 Å². The Morgan fingerprint density at radius 3 is 2.53 bits per heavy atom. The Hall–Kier alpha value is -0.670. The minimum Gasteiger partial charge on any atom is -0.496 e. The van der Waals surface area contributed by atoms with E-state index >= 15 is 0 Å². The van der Waals surface area contributed by atoms with Gasteiger partial charge in [0.2, 0.25) is 0 Å². The summed E-state index contributed by atoms with van der Waals surface area (Å²) in [5.74, 6) is 1.86. The Bertz CT molecular complexity index is 324. The minimum absolute atomic E-state index is 0.250. The summed E-state index contributed by atoms with van der Waals surface area (Å²) in [7, 11) is 1.69. The van der Waals surface area contributed by atoms with Crippen molar-refractivity contribution in [1.82, 2.24) is 0 Å². The lowest BCUT2D eigenvalue weighted by Crippen LogP contribution is -1.92. The normalized spacial score (nSPS) is 10.4. The van der Waals surface area contributed by atoms with Crippen LogP contribution in [0, 0.1) is 13.8 Å². The first-order valence-corrected chi connectivity index (χ1v) is 6.06. The highest BCUT2D eigenvalue weighted by molar-refractivity contribution is 7.99. The van der Waals surface area contributed by atoms with Crippen LogP contribution in [-0.4, -0.2) is 24.6 Å². The van der Waals surface area contributed by atoms with Crippen LogP contribution in [-0.2, 0) is 0 Å². The van der Waals surface area contributed by atoms with Gasteiger partial charge in [-0.05, 0) is 43.5 Å². The molecule has 2 nitrogen and oxygen atoms in total. The van der Waals surface area contributed by atoms with Crippen molar-refractivity contribution in [3.63, 3.8) is 0 Å². The SMILES string of the molecule is COc1cc(C)c(C)cc1SCCCO. The van der Waals surface area contributed by atoms with Crippen molar-refractivity contribution in [2.45, 2.75) is 25.2 Å². The molecule has 0 unspecified atom stereocenters. The first kappa shape index (κ1) is 12.4. The molecule has 0 fully saturated rings. The van der Waals surface area contributed by atoms with E-state index in [9.17, 15) is 0 Å². The topological polar surface area (TPSA) is 29.5 Å². The fourth-order valence-electron chi connectivity index (χ4n) is 1.28. The lowest BCUT2D eigenvalue weighted by atomic mass is 10.1. The molecule has 84 valence electrons. The number of methoxy groups -OCH3 is 1. The molecule has 0 atom stereocenters. The number of hydrogen-bond donors (Lipinski definition) is 1. The summed E-state index contributed by atoms with van der Waals surface area (Å²) in [6.45, 7) is 4.44. The van der Waals surface area contributed by atoms with E-state index in [2.05, 4.69) is 26.0 Å². The lowest BCUT2D eigenvalue weighted by molar-refractivity contribution is 0.296. The summed E-state index contributed by atoms with van der Waals surface area (Å²) >= 11 is 1.73. The summed E-state index contributed by atoms with van der Waals surface area (Å²) in [6.07, 6.45) is 0.820. The molecular weight excluding hydrogens is 208 g/mol. The average molecular weight is 226 g/mol. The van der Waals surface area contributed by atoms with Crippen molar-refractivity contribution in [2.24, 2.45) is 0 Å². The fourth-order valence-corrected chi connectivity index (χ4v) is 2.32. The van der Waals surface area contributed by atoms with Gasteiger partial charge in [0.1, 0.15) is 5.75 Å². The number of ether oxygens (including phenoxy) is 1. The van der Waals surface area contributed by atoms with Gasteiger partial charge in [0, 0.05) is 17.3 Å². The number of rotatable bonds is 5. The van der Waals surface area contributed by atoms with E-state index in [1.807, 2.05) is 0 Å². The van der Waals surface area contributed by atoms with Crippen LogP contribution in [0.5, 0.6) is 5.75 Å². The van der Waals surface area contributed by atoms with Crippen LogP contribution in [0.15, 0.2) is 17.0 Å². The average Bonchev–Trinajstić information content (AvgIpc) is 2.23. The molecule has 0 bridgehead atoms. The van der Waals surface area contributed by atoms with Crippen LogP contribution in [0.1, 0.15) is 17.5 Å². The van der Waals surface area contributed by atoms with E-state index in [1.54, 1.807) is 18.9 Å². The number of aliphatic hydroxyl groups is 1. The molecule has 1 rings (SSSR count). The Balaban J connectivity index is 2.80. The Morgan fingerprint density at radius 1 is 1.27 bits per heavy atom. The maximum Gasteiger partial charge on any atom is 0.132 e. The van der Waals surface area contributed by atoms with Crippen LogP contribution in [0.25, 0.3) is 0 Å². The molecule has 1 N–H and O–H groups in total. The molecule has 1 aromatic rings. The van der Waals surface area contributed by atoms with Gasteiger partial charge in [-0.25, -0.2) is 0 Å². The number of aliphatic hydroxyl groups excluding tert-OH is 1. The molecule has 15 heavy (non-hydrogen) atoms. The maximum atomic E-state index is 8.72. The lowest BCUT2D eigenvalue weighted by Gasteiger charge is -2.10. The second-order valence-electron chi connectivity index (χ2n) is 3.51. The quantitative estimate of drug-likeness (QED) is 0.618. The van der Waals surface area contributed by atoms with E-state index in [-0.39, 0.29) is 6.61 Å². The third-order valence-electron chi connectivity index (χ3n) is 2.34. The molecule has 0 aliphatic heterocycles. The van der Waals surface area contributed by atoms with Gasteiger partial charge < -0.3 is 9.84 Å². The van der Waals surface area contributed by atoms with Crippen molar-refractivity contribution in [3.05, 3.63) is 23.3 Å². The molecule has 0 amide bonds. The Morgan fingerprint density at radius 2 is 1.93 bits per heavy atom. The third-order valence-corrected chi connectivity index (χ3v) is 3.46. The van der Waals surface area contributed by atoms with Crippen molar-refractivity contribution in [1.29, 1.82) is 0 Å². The largest absolute Gasteiger partial charge is 0.496 e. The second kappa shape index (κ2) is 6.03. The van der Waals surface area contributed by atoms with Crippen LogP contribution in [0.2, 0.25) is 0 Å². The molecular formula is C12H18O2S. The van der Waals surface area contributed by atoms with Gasteiger partial charge in [-0.2, -0.15) is 0 Å². The predicted octanol–water partition coefficient (Wildman–Crippen LogP) is 2.79. The van der Waals surface area contributed by atoms with Gasteiger partial charge in [0.05, 0.1) is 7.11 Å². The molecule has 0 aliphatic carbocycles. The number of benzene rings is 1. The molecule has 0 aromatic heterocycles. The zero-order valence-corrected chi connectivity index (χ0v) is 10.4. The van der Waals surface area contributed by atoms with Crippen molar-refractivity contribution in [2.75, 3.05) is 19.5 Å². The molecule has 0 saturated carbocycles. The Kier molecular flexibility index (Phi) is 4.99. The maximum absolute atomic E-state index is 8.72. The highest BCUT2D eigenvalue weighted by Crippen LogP contribution is 2.32. The smallest absolute Gasteiger partial charge is 0.132 e. The van der Waals surface area contributed by atoms with E-state index in [0.717, 1.165) is 22.8 Å². The van der Waals surface area contributed by atoms with E-state index in [1.165, 1.54) is 11.1 Å². The van der Waals surface area contributed by atoms with Crippen LogP contribution in [0.3, 0.4) is 0 Å². The summed E-state index contributed by atoms with van der Waals surface area (Å²) in [5, 5.41) is 8.72. The van der Waals surface area contributed by atoms with Gasteiger partial charge in [0.15, 0.2) is 0 Å². The first-order chi connectivity index (χ1) is 7.19. The monoisotopic (exact) mass is 226 g/mol. The molecule has 1 aromatic carbocycles. The van der Waals surface area contributed by atoms with Gasteiger partial charge in [0.25, 0.3) is 0 Å². The highest BCUT2D eigenvalue weighted by Gasteiger charge is 2.05. The zero-order valence-electron chi connectivity index (χ0n) is 9.54. The minimum atomic E-state index is 0.250. The summed E-state index contributed by atoms with van der Waals surface area (Å²) < 4.78 is 5.33. The van der Waals surface area contributed by atoms with Gasteiger partial charge in [-0.15, -0.1) is 11.8 Å². The number of aryl methyl sites for hydroxylation is 2. The van der Waals surface area contributed by atoms with E-state index in [0.29, 0.717) is 0 Å². The summed E-state index contributed by atoms with van der Waals surface area (Å²) in [5.41, 5.74) is 2.53. The summed E-state index contributed by atoms with van der Waals surface area (Å²) in [4.78, 5) is 1.16. The zero-order chi connectivity index (χ0) is 11.3. The summed E-state index contributed by atoms with van der Waals surface area (Å²) in [6, 6.07) is 4.22. The molecule has 0 radical (unpaired) electrons. The fraction of sp³-hybridized carbons (Fsp3) is 0.500. The van der Waals surface area contributed by atoms with Gasteiger partial charge >= 0.3 is 0 Å². The standard InChI is InChI=1S/C12H18O2S/c1-9-7-11(14-3)12(8-10(9)2)15-6-4-5-13/h7-8,13H,4-6H2,1-3H3. The molecule has 0 spiro atoms. The number of hydrogen-bond acceptors (Lipinski definition) is 3. The number of thioether (sulfide) groups is 1. The third kappa shape index (κ3) is 3.43. The van der Waals surface area contributed by atoms with Crippen LogP contribution in [0.4, 0.5) is 0 Å². The van der Waals surface area contributed by atoms with E-state index in [4.69, 9.17) is 9.84 Å². The van der Waals surface area contributed by atoms with Gasteiger partial charge in [-0.1, -0.05) is 0 Å². The van der Waals surface area contributed by atoms with Crippen molar-refractivity contribution in [3.8, 4) is 5.75 Å². The molecule has 0 saturated heterocycles. The predicted molar refractivity (Wildman–Crippen MR) is 64.9 cm³/mol. The molecule has 0 heterocycles. The van der Waals surface area contributed by atoms with Gasteiger partial charge in [-0.3, -0.25) is 0 Å². The molecule has 0 aliphatic rings. The highest BCUT2D eigenvalue weighted by atomic mass is 32.2. The second-order valence-corrected chi connectivity index (χ2v) is 4.65. The van der Waals surface area contributed by atoms with E-state index < -0.39 is 0 Å². The van der Waals surface area contributed by atoms with Crippen molar-refractivity contribution < 1.29 is 9.84 Å². The first-order valence-electron chi connectivity index (χ1n) is 5.08. The molecule has 3 heteroatoms. The van der Waals surface area contributed by atoms with Crippen LogP contribution < -0.4 is 4.74 Å². The van der Waals surface area contributed by atoms with Crippen LogP contribution >= 0.6 is 11.8 Å². The van der Waals surface area contributed by atoms with Crippen molar-refractivity contribution >= 4 is 11.8 Å².